The first-order valence-electron chi connectivity index (χ1n) is 12.5. The molecule has 0 aliphatic heterocycles. The number of benzene rings is 3. The van der Waals surface area contributed by atoms with Gasteiger partial charge >= 0.3 is 0 Å². The summed E-state index contributed by atoms with van der Waals surface area (Å²) in [4.78, 5) is 28.1. The van der Waals surface area contributed by atoms with Crippen LogP contribution < -0.4 is 9.62 Å². The molecule has 0 heterocycles. The summed E-state index contributed by atoms with van der Waals surface area (Å²) >= 11 is 0. The van der Waals surface area contributed by atoms with Crippen molar-refractivity contribution in [3.8, 4) is 0 Å². The Bertz CT molecular complexity index is 1350. The van der Waals surface area contributed by atoms with Crippen molar-refractivity contribution in [3.63, 3.8) is 0 Å². The molecule has 38 heavy (non-hydrogen) atoms. The zero-order chi connectivity index (χ0) is 27.9. The fourth-order valence-corrected chi connectivity index (χ4v) is 5.27. The van der Waals surface area contributed by atoms with E-state index >= 15 is 0 Å². The second-order valence-corrected chi connectivity index (χ2v) is 11.1. The van der Waals surface area contributed by atoms with Gasteiger partial charge in [0, 0.05) is 12.6 Å². The number of aryl methyl sites for hydroxylation is 1. The van der Waals surface area contributed by atoms with Crippen LogP contribution in [0, 0.1) is 12.7 Å². The van der Waals surface area contributed by atoms with Gasteiger partial charge in [-0.1, -0.05) is 67.1 Å². The molecule has 3 aromatic carbocycles. The highest BCUT2D eigenvalue weighted by Crippen LogP contribution is 2.27. The zero-order valence-corrected chi connectivity index (χ0v) is 22.9. The lowest BCUT2D eigenvalue weighted by Gasteiger charge is -2.32. The van der Waals surface area contributed by atoms with Gasteiger partial charge in [-0.05, 0) is 57.0 Å². The Morgan fingerprint density at radius 3 is 2.13 bits per heavy atom. The first-order valence-corrected chi connectivity index (χ1v) is 14.0. The predicted molar refractivity (Wildman–Crippen MR) is 146 cm³/mol. The second kappa shape index (κ2) is 12.7. The van der Waals surface area contributed by atoms with E-state index in [-0.39, 0.29) is 29.1 Å². The van der Waals surface area contributed by atoms with Crippen molar-refractivity contribution in [2.75, 3.05) is 10.8 Å². The molecule has 0 fully saturated rings. The average molecular weight is 540 g/mol. The number of carbonyl (C=O) groups is 2. The molecule has 7 nitrogen and oxygen atoms in total. The second-order valence-electron chi connectivity index (χ2n) is 9.28. The van der Waals surface area contributed by atoms with Crippen LogP contribution in [-0.2, 0) is 26.2 Å². The molecule has 3 aromatic rings. The van der Waals surface area contributed by atoms with Crippen molar-refractivity contribution in [2.45, 2.75) is 57.6 Å². The predicted octanol–water partition coefficient (Wildman–Crippen LogP) is 4.66. The molecule has 0 bridgehead atoms. The Balaban J connectivity index is 2.02. The molecule has 9 heteroatoms. The maximum absolute atomic E-state index is 14.9. The Morgan fingerprint density at radius 2 is 1.53 bits per heavy atom. The Labute approximate surface area is 224 Å². The molecule has 0 aromatic heterocycles. The molecule has 0 unspecified atom stereocenters. The monoisotopic (exact) mass is 539 g/mol. The van der Waals surface area contributed by atoms with Crippen LogP contribution in [0.1, 0.15) is 38.3 Å². The zero-order valence-electron chi connectivity index (χ0n) is 22.1. The van der Waals surface area contributed by atoms with E-state index in [2.05, 4.69) is 5.32 Å². The highest BCUT2D eigenvalue weighted by atomic mass is 32.2. The van der Waals surface area contributed by atoms with E-state index in [1.165, 1.54) is 35.2 Å². The minimum atomic E-state index is -4.31. The Morgan fingerprint density at radius 1 is 0.921 bits per heavy atom. The number of halogens is 1. The molecule has 0 saturated carbocycles. The summed E-state index contributed by atoms with van der Waals surface area (Å²) in [5.74, 6) is -1.78. The van der Waals surface area contributed by atoms with Gasteiger partial charge in [-0.15, -0.1) is 0 Å². The smallest absolute Gasteiger partial charge is 0.264 e. The van der Waals surface area contributed by atoms with E-state index in [9.17, 15) is 22.4 Å². The lowest BCUT2D eigenvalue weighted by Crippen LogP contribution is -2.52. The van der Waals surface area contributed by atoms with Crippen LogP contribution in [0.4, 0.5) is 10.1 Å². The minimum Gasteiger partial charge on any atom is -0.352 e. The van der Waals surface area contributed by atoms with E-state index in [1.807, 2.05) is 45.0 Å². The molecule has 1 N–H and O–H groups in total. The first kappa shape index (κ1) is 28.8. The van der Waals surface area contributed by atoms with Crippen LogP contribution in [0.3, 0.4) is 0 Å². The van der Waals surface area contributed by atoms with Gasteiger partial charge in [0.1, 0.15) is 18.4 Å². The highest BCUT2D eigenvalue weighted by Gasteiger charge is 2.33. The van der Waals surface area contributed by atoms with E-state index < -0.39 is 34.3 Å². The molecular weight excluding hydrogens is 505 g/mol. The summed E-state index contributed by atoms with van der Waals surface area (Å²) in [6, 6.07) is 19.4. The number of para-hydroxylation sites is 1. The minimum absolute atomic E-state index is 0.0741. The fourth-order valence-electron chi connectivity index (χ4n) is 3.83. The van der Waals surface area contributed by atoms with E-state index in [4.69, 9.17) is 0 Å². The first-order chi connectivity index (χ1) is 18.0. The van der Waals surface area contributed by atoms with Crippen molar-refractivity contribution in [3.05, 3.63) is 95.8 Å². The lowest BCUT2D eigenvalue weighted by molar-refractivity contribution is -0.139. The average Bonchev–Trinajstić information content (AvgIpc) is 2.91. The highest BCUT2D eigenvalue weighted by molar-refractivity contribution is 7.92. The number of nitrogens with one attached hydrogen (secondary N) is 1. The van der Waals surface area contributed by atoms with Crippen molar-refractivity contribution in [1.29, 1.82) is 0 Å². The standard InChI is InChI=1S/C29H34FN3O4S/c1-5-22(3)31-29(35)23(4)32(19-24-17-15-21(2)16-18-24)28(34)20-33(27-14-10-9-13-26(27)30)38(36,37)25-11-7-6-8-12-25/h6-18,22-23H,5,19-20H2,1-4H3,(H,31,35)/t22-,23-/m0/s1. The van der Waals surface area contributed by atoms with E-state index in [1.54, 1.807) is 25.1 Å². The molecule has 0 aliphatic carbocycles. The summed E-state index contributed by atoms with van der Waals surface area (Å²) in [5, 5.41) is 2.89. The van der Waals surface area contributed by atoms with Gasteiger partial charge in [0.2, 0.25) is 11.8 Å². The van der Waals surface area contributed by atoms with Crippen molar-refractivity contribution in [2.24, 2.45) is 0 Å². The molecule has 2 amide bonds. The van der Waals surface area contributed by atoms with Gasteiger partial charge in [-0.25, -0.2) is 12.8 Å². The number of rotatable bonds is 11. The van der Waals surface area contributed by atoms with Crippen molar-refractivity contribution in [1.82, 2.24) is 10.2 Å². The number of hydrogen-bond acceptors (Lipinski definition) is 4. The van der Waals surface area contributed by atoms with Crippen LogP contribution in [0.2, 0.25) is 0 Å². The van der Waals surface area contributed by atoms with Crippen molar-refractivity contribution >= 4 is 27.5 Å². The quantitative estimate of drug-likeness (QED) is 0.384. The van der Waals surface area contributed by atoms with Gasteiger partial charge in [0.25, 0.3) is 10.0 Å². The maximum atomic E-state index is 14.9. The van der Waals surface area contributed by atoms with Gasteiger partial charge in [0.05, 0.1) is 10.6 Å². The van der Waals surface area contributed by atoms with Gasteiger partial charge in [0.15, 0.2) is 0 Å². The van der Waals surface area contributed by atoms with Crippen LogP contribution in [0.25, 0.3) is 0 Å². The third-order valence-electron chi connectivity index (χ3n) is 6.37. The Kier molecular flexibility index (Phi) is 9.63. The van der Waals surface area contributed by atoms with Gasteiger partial charge < -0.3 is 10.2 Å². The molecule has 0 saturated heterocycles. The van der Waals surface area contributed by atoms with Crippen LogP contribution in [0.5, 0.6) is 0 Å². The summed E-state index contributed by atoms with van der Waals surface area (Å²) in [5.41, 5.74) is 1.56. The number of carbonyl (C=O) groups excluding carboxylic acids is 2. The Hall–Kier alpha value is -3.72. The van der Waals surface area contributed by atoms with Crippen LogP contribution >= 0.6 is 0 Å². The number of amides is 2. The molecule has 0 aliphatic rings. The molecule has 2 atom stereocenters. The van der Waals surface area contributed by atoms with E-state index in [0.29, 0.717) is 6.42 Å². The molecule has 3 rings (SSSR count). The molecule has 0 spiro atoms. The summed E-state index contributed by atoms with van der Waals surface area (Å²) in [7, 11) is -4.31. The molecule has 202 valence electrons. The molecular formula is C29H34FN3O4S. The largest absolute Gasteiger partial charge is 0.352 e. The number of hydrogen-bond donors (Lipinski definition) is 1. The lowest BCUT2D eigenvalue weighted by atomic mass is 10.1. The van der Waals surface area contributed by atoms with Gasteiger partial charge in [-0.2, -0.15) is 0 Å². The summed E-state index contributed by atoms with van der Waals surface area (Å²) < 4.78 is 42.9. The topological polar surface area (TPSA) is 86.8 Å². The summed E-state index contributed by atoms with van der Waals surface area (Å²) in [6.07, 6.45) is 0.709. The normalized spacial score (nSPS) is 12.9. The number of nitrogens with zero attached hydrogens (tertiary/aromatic N) is 2. The SMILES string of the molecule is CC[C@H](C)NC(=O)[C@H](C)N(Cc1ccc(C)cc1)C(=O)CN(c1ccccc1F)S(=O)(=O)c1ccccc1. The summed E-state index contributed by atoms with van der Waals surface area (Å²) in [6.45, 7) is 6.73. The van der Waals surface area contributed by atoms with Crippen LogP contribution in [0.15, 0.2) is 83.8 Å². The number of sulfonamides is 1. The maximum Gasteiger partial charge on any atom is 0.264 e. The number of anilines is 1. The molecule has 0 radical (unpaired) electrons. The third kappa shape index (κ3) is 6.98. The van der Waals surface area contributed by atoms with Crippen LogP contribution in [-0.4, -0.2) is 43.8 Å². The van der Waals surface area contributed by atoms with Crippen molar-refractivity contribution < 1.29 is 22.4 Å². The fraction of sp³-hybridized carbons (Fsp3) is 0.310. The van der Waals surface area contributed by atoms with Gasteiger partial charge in [-0.3, -0.25) is 13.9 Å². The van der Waals surface area contributed by atoms with E-state index in [0.717, 1.165) is 21.5 Å². The third-order valence-corrected chi connectivity index (χ3v) is 8.15.